The number of allylic oxidation sites excluding steroid dienone is 7. The first-order chi connectivity index (χ1) is 16.3. The lowest BCUT2D eigenvalue weighted by molar-refractivity contribution is 0.654. The highest BCUT2D eigenvalue weighted by molar-refractivity contribution is 6.08. The van der Waals surface area contributed by atoms with Gasteiger partial charge >= 0.3 is 0 Å². The Morgan fingerprint density at radius 3 is 2.32 bits per heavy atom. The van der Waals surface area contributed by atoms with E-state index in [4.69, 9.17) is 4.99 Å². The molecule has 0 saturated carbocycles. The Labute approximate surface area is 204 Å². The largest absolute Gasteiger partial charge is 0.388 e. The van der Waals surface area contributed by atoms with Crippen molar-refractivity contribution in [2.75, 3.05) is 12.4 Å². The van der Waals surface area contributed by atoms with Crippen molar-refractivity contribution in [1.82, 2.24) is 5.32 Å². The van der Waals surface area contributed by atoms with Gasteiger partial charge in [-0.2, -0.15) is 0 Å². The van der Waals surface area contributed by atoms with Crippen LogP contribution in [-0.4, -0.2) is 12.8 Å². The Balaban J connectivity index is 1.44. The van der Waals surface area contributed by atoms with Crippen LogP contribution in [0, 0.1) is 0 Å². The molecule has 34 heavy (non-hydrogen) atoms. The van der Waals surface area contributed by atoms with Crippen LogP contribution >= 0.6 is 0 Å². The van der Waals surface area contributed by atoms with E-state index in [0.717, 1.165) is 30.7 Å². The summed E-state index contributed by atoms with van der Waals surface area (Å²) in [6, 6.07) is 17.1. The summed E-state index contributed by atoms with van der Waals surface area (Å²) >= 11 is 0. The molecule has 0 atom stereocenters. The average Bonchev–Trinajstić information content (AvgIpc) is 3.25. The van der Waals surface area contributed by atoms with Crippen LogP contribution in [0.3, 0.4) is 0 Å². The van der Waals surface area contributed by atoms with Gasteiger partial charge in [-0.25, -0.2) is 0 Å². The smallest absolute Gasteiger partial charge is 0.0674 e. The van der Waals surface area contributed by atoms with Crippen molar-refractivity contribution in [3.63, 3.8) is 0 Å². The fraction of sp³-hybridized carbons (Fsp3) is 0.323. The number of hydrogen-bond donors (Lipinski definition) is 2. The molecule has 3 heteroatoms. The number of para-hydroxylation sites is 2. The van der Waals surface area contributed by atoms with Gasteiger partial charge in [-0.05, 0) is 65.8 Å². The normalized spacial score (nSPS) is 22.7. The molecule has 2 aromatic rings. The summed E-state index contributed by atoms with van der Waals surface area (Å²) in [5, 5.41) is 7.14. The molecule has 0 radical (unpaired) electrons. The highest BCUT2D eigenvalue weighted by atomic mass is 15.0. The van der Waals surface area contributed by atoms with E-state index in [1.54, 1.807) is 0 Å². The molecule has 2 N–H and O–H groups in total. The van der Waals surface area contributed by atoms with Crippen molar-refractivity contribution in [1.29, 1.82) is 0 Å². The van der Waals surface area contributed by atoms with Crippen LogP contribution in [0.4, 0.5) is 11.4 Å². The Hall–Kier alpha value is -3.33. The zero-order valence-electron chi connectivity index (χ0n) is 21.0. The minimum Gasteiger partial charge on any atom is -0.388 e. The summed E-state index contributed by atoms with van der Waals surface area (Å²) < 4.78 is 0. The second kappa shape index (κ2) is 8.47. The summed E-state index contributed by atoms with van der Waals surface area (Å²) in [7, 11) is 2.04. The Bertz CT molecular complexity index is 1280. The molecular weight excluding hydrogens is 414 g/mol. The maximum Gasteiger partial charge on any atom is 0.0674 e. The molecule has 0 unspecified atom stereocenters. The molecule has 0 fully saturated rings. The van der Waals surface area contributed by atoms with Gasteiger partial charge in [0, 0.05) is 35.0 Å². The van der Waals surface area contributed by atoms with Crippen LogP contribution in [0.2, 0.25) is 0 Å². The van der Waals surface area contributed by atoms with E-state index < -0.39 is 0 Å². The van der Waals surface area contributed by atoms with E-state index in [-0.39, 0.29) is 10.8 Å². The van der Waals surface area contributed by atoms with Crippen LogP contribution in [0.25, 0.3) is 0 Å². The number of fused-ring (bicyclic) bond motifs is 2. The maximum atomic E-state index is 4.94. The fourth-order valence-electron chi connectivity index (χ4n) is 5.53. The molecule has 0 spiro atoms. The molecule has 3 aliphatic rings. The third-order valence-corrected chi connectivity index (χ3v) is 7.68. The third-order valence-electron chi connectivity index (χ3n) is 7.68. The van der Waals surface area contributed by atoms with Gasteiger partial charge in [0.2, 0.25) is 0 Å². The number of nitrogens with zero attached hydrogens (tertiary/aromatic N) is 1. The minimum atomic E-state index is -0.0695. The first-order valence-electron chi connectivity index (χ1n) is 12.4. The molecule has 1 aliphatic carbocycles. The lowest BCUT2D eigenvalue weighted by Gasteiger charge is -2.23. The van der Waals surface area contributed by atoms with Crippen LogP contribution in [0.5, 0.6) is 0 Å². The second-order valence-corrected chi connectivity index (χ2v) is 10.5. The lowest BCUT2D eigenvalue weighted by atomic mass is 9.81. The van der Waals surface area contributed by atoms with Crippen LogP contribution in [0.1, 0.15) is 58.1 Å². The maximum absolute atomic E-state index is 4.94. The van der Waals surface area contributed by atoms with Crippen molar-refractivity contribution in [3.05, 3.63) is 107 Å². The number of benzene rings is 2. The molecule has 2 aliphatic heterocycles. The van der Waals surface area contributed by atoms with Gasteiger partial charge in [0.05, 0.1) is 11.4 Å². The monoisotopic (exact) mass is 449 g/mol. The van der Waals surface area contributed by atoms with E-state index in [2.05, 4.69) is 111 Å². The van der Waals surface area contributed by atoms with Gasteiger partial charge in [0.15, 0.2) is 0 Å². The van der Waals surface area contributed by atoms with E-state index in [9.17, 15) is 0 Å². The standard InChI is InChI=1S/C31H35N3/c1-30(2)23-13-6-8-15-25(23)33-27(30)19-17-21-11-10-12-22(29(21)32-5)18-20-28-31(3,4)24-14-7-9-16-26(24)34-28/h6-9,13-20,32-33H,10-12H2,1-5H3/b20-18+,21-17+,27-19+. The number of anilines is 1. The van der Waals surface area contributed by atoms with E-state index in [0.29, 0.717) is 0 Å². The van der Waals surface area contributed by atoms with E-state index in [1.807, 2.05) is 7.05 Å². The van der Waals surface area contributed by atoms with Gasteiger partial charge in [-0.3, -0.25) is 4.99 Å². The molecule has 3 nitrogen and oxygen atoms in total. The first kappa shape index (κ1) is 22.5. The van der Waals surface area contributed by atoms with Crippen LogP contribution in [-0.2, 0) is 10.8 Å². The summed E-state index contributed by atoms with van der Waals surface area (Å²) in [6.07, 6.45) is 12.4. The summed E-state index contributed by atoms with van der Waals surface area (Å²) in [5.41, 5.74) is 11.2. The molecule has 5 rings (SSSR count). The van der Waals surface area contributed by atoms with Gasteiger partial charge < -0.3 is 10.6 Å². The SMILES string of the molecule is CNC1=C(/C=C/C2=Nc3ccccc3C2(C)C)CCC/C1=C\C=C1\Nc2ccccc2C1(C)C. The third kappa shape index (κ3) is 3.73. The molecule has 0 saturated heterocycles. The van der Waals surface area contributed by atoms with Crippen molar-refractivity contribution in [2.24, 2.45) is 4.99 Å². The molecule has 0 amide bonds. The predicted octanol–water partition coefficient (Wildman–Crippen LogP) is 7.48. The second-order valence-electron chi connectivity index (χ2n) is 10.5. The molecule has 0 bridgehead atoms. The highest BCUT2D eigenvalue weighted by Crippen LogP contribution is 2.43. The quantitative estimate of drug-likeness (QED) is 0.508. The van der Waals surface area contributed by atoms with Crippen molar-refractivity contribution in [3.8, 4) is 0 Å². The van der Waals surface area contributed by atoms with Gasteiger partial charge in [0.1, 0.15) is 0 Å². The van der Waals surface area contributed by atoms with Gasteiger partial charge in [-0.1, -0.05) is 76.2 Å². The van der Waals surface area contributed by atoms with Crippen molar-refractivity contribution >= 4 is 17.1 Å². The van der Waals surface area contributed by atoms with Gasteiger partial charge in [0.25, 0.3) is 0 Å². The Morgan fingerprint density at radius 1 is 0.853 bits per heavy atom. The van der Waals surface area contributed by atoms with Gasteiger partial charge in [-0.15, -0.1) is 0 Å². The van der Waals surface area contributed by atoms with Crippen LogP contribution < -0.4 is 10.6 Å². The number of rotatable bonds is 4. The lowest BCUT2D eigenvalue weighted by Crippen LogP contribution is -2.23. The summed E-state index contributed by atoms with van der Waals surface area (Å²) in [6.45, 7) is 9.12. The summed E-state index contributed by atoms with van der Waals surface area (Å²) in [5.74, 6) is 0. The molecule has 2 heterocycles. The summed E-state index contributed by atoms with van der Waals surface area (Å²) in [4.78, 5) is 4.94. The van der Waals surface area contributed by atoms with E-state index >= 15 is 0 Å². The van der Waals surface area contributed by atoms with E-state index in [1.165, 1.54) is 39.4 Å². The Morgan fingerprint density at radius 2 is 1.59 bits per heavy atom. The average molecular weight is 450 g/mol. The number of nitrogens with one attached hydrogen (secondary N) is 2. The highest BCUT2D eigenvalue weighted by Gasteiger charge is 2.34. The predicted molar refractivity (Wildman–Crippen MR) is 145 cm³/mol. The van der Waals surface area contributed by atoms with Crippen LogP contribution in [0.15, 0.2) is 100 Å². The topological polar surface area (TPSA) is 36.4 Å². The number of likely N-dealkylation sites (N-methyl/N-ethyl adjacent to an activating group) is 1. The zero-order chi connectivity index (χ0) is 23.9. The first-order valence-corrected chi connectivity index (χ1v) is 12.4. The number of hydrogen-bond acceptors (Lipinski definition) is 3. The minimum absolute atomic E-state index is 0.0181. The zero-order valence-corrected chi connectivity index (χ0v) is 21.0. The van der Waals surface area contributed by atoms with Crippen molar-refractivity contribution in [2.45, 2.75) is 57.8 Å². The van der Waals surface area contributed by atoms with Crippen molar-refractivity contribution < 1.29 is 0 Å². The fourth-order valence-corrected chi connectivity index (χ4v) is 5.53. The molecule has 2 aromatic carbocycles. The molecule has 174 valence electrons. The number of aliphatic imine (C=N–C) groups is 1. The molecular formula is C31H35N3. The Kier molecular flexibility index (Phi) is 5.59. The molecule has 0 aromatic heterocycles.